The maximum absolute atomic E-state index is 12.6. The van der Waals surface area contributed by atoms with Crippen molar-refractivity contribution in [3.05, 3.63) is 29.8 Å². The molecule has 6 nitrogen and oxygen atoms in total. The van der Waals surface area contributed by atoms with Crippen molar-refractivity contribution < 1.29 is 14.3 Å². The molecule has 0 aromatic heterocycles. The third kappa shape index (κ3) is 4.75. The van der Waals surface area contributed by atoms with Crippen LogP contribution in [0.2, 0.25) is 0 Å². The van der Waals surface area contributed by atoms with E-state index in [1.54, 1.807) is 24.3 Å². The van der Waals surface area contributed by atoms with Crippen molar-refractivity contribution in [3.63, 3.8) is 0 Å². The Hall–Kier alpha value is -1.63. The van der Waals surface area contributed by atoms with Crippen LogP contribution >= 0.6 is 12.4 Å². The fraction of sp³-hybridized carbons (Fsp3) is 0.579. The lowest BCUT2D eigenvalue weighted by Crippen LogP contribution is -2.48. The molecule has 1 aromatic rings. The summed E-state index contributed by atoms with van der Waals surface area (Å²) in [6.07, 6.45) is 1.76. The summed E-state index contributed by atoms with van der Waals surface area (Å²) in [7, 11) is 1.85. The molecule has 2 aliphatic heterocycles. The number of hydrogen-bond acceptors (Lipinski definition) is 4. The fourth-order valence-corrected chi connectivity index (χ4v) is 3.27. The smallest absolute Gasteiger partial charge is 0.253 e. The highest BCUT2D eigenvalue weighted by Gasteiger charge is 2.28. The van der Waals surface area contributed by atoms with Gasteiger partial charge in [0.1, 0.15) is 0 Å². The van der Waals surface area contributed by atoms with Crippen molar-refractivity contribution in [1.82, 2.24) is 10.2 Å². The molecule has 0 aliphatic carbocycles. The molecule has 2 amide bonds. The van der Waals surface area contributed by atoms with Crippen molar-refractivity contribution in [2.45, 2.75) is 25.8 Å². The number of benzene rings is 1. The average Bonchev–Trinajstić information content (AvgIpc) is 2.60. The van der Waals surface area contributed by atoms with Crippen LogP contribution in [0.4, 0.5) is 5.69 Å². The third-order valence-electron chi connectivity index (χ3n) is 5.39. The number of halogens is 1. The number of anilines is 1. The summed E-state index contributed by atoms with van der Waals surface area (Å²) in [5.41, 5.74) is 1.37. The van der Waals surface area contributed by atoms with Crippen molar-refractivity contribution in [2.75, 3.05) is 38.7 Å². The molecule has 1 atom stereocenters. The van der Waals surface area contributed by atoms with Gasteiger partial charge in [0.25, 0.3) is 5.91 Å². The maximum atomic E-state index is 12.6. The fourth-order valence-electron chi connectivity index (χ4n) is 3.27. The molecular formula is C19H28ClN3O3. The molecule has 2 aliphatic rings. The van der Waals surface area contributed by atoms with Gasteiger partial charge in [0.2, 0.25) is 5.91 Å². The van der Waals surface area contributed by atoms with Crippen molar-refractivity contribution in [2.24, 2.45) is 11.8 Å². The van der Waals surface area contributed by atoms with Gasteiger partial charge in [-0.2, -0.15) is 0 Å². The van der Waals surface area contributed by atoms with Crippen LogP contribution in [0, 0.1) is 11.8 Å². The Labute approximate surface area is 161 Å². The predicted molar refractivity (Wildman–Crippen MR) is 104 cm³/mol. The zero-order chi connectivity index (χ0) is 17.8. The van der Waals surface area contributed by atoms with E-state index in [0.29, 0.717) is 24.7 Å². The van der Waals surface area contributed by atoms with Crippen molar-refractivity contribution in [1.29, 1.82) is 0 Å². The maximum Gasteiger partial charge on any atom is 0.253 e. The Balaban J connectivity index is 0.00000243. The van der Waals surface area contributed by atoms with Gasteiger partial charge in [0, 0.05) is 43.5 Å². The third-order valence-corrected chi connectivity index (χ3v) is 5.39. The number of nitrogens with zero attached hydrogens (tertiary/aromatic N) is 1. The Morgan fingerprint density at radius 3 is 2.35 bits per heavy atom. The van der Waals surface area contributed by atoms with E-state index in [2.05, 4.69) is 10.6 Å². The molecule has 26 heavy (non-hydrogen) atoms. The highest BCUT2D eigenvalue weighted by molar-refractivity contribution is 5.96. The Kier molecular flexibility index (Phi) is 7.43. The lowest BCUT2D eigenvalue weighted by molar-refractivity contribution is -0.121. The van der Waals surface area contributed by atoms with Gasteiger partial charge in [-0.15, -0.1) is 12.4 Å². The highest BCUT2D eigenvalue weighted by Crippen LogP contribution is 2.20. The minimum atomic E-state index is -0.0118. The van der Waals surface area contributed by atoms with E-state index in [4.69, 9.17) is 4.74 Å². The van der Waals surface area contributed by atoms with Crippen molar-refractivity contribution in [3.8, 4) is 0 Å². The summed E-state index contributed by atoms with van der Waals surface area (Å²) >= 11 is 0. The molecule has 0 bridgehead atoms. The topological polar surface area (TPSA) is 70.7 Å². The quantitative estimate of drug-likeness (QED) is 0.819. The number of hydrogen-bond donors (Lipinski definition) is 2. The van der Waals surface area contributed by atoms with E-state index in [-0.39, 0.29) is 36.2 Å². The first-order chi connectivity index (χ1) is 12.1. The van der Waals surface area contributed by atoms with Crippen LogP contribution in [0.5, 0.6) is 0 Å². The predicted octanol–water partition coefficient (Wildman–Crippen LogP) is 2.15. The first kappa shape index (κ1) is 20.7. The first-order valence-corrected chi connectivity index (χ1v) is 9.03. The second-order valence-corrected chi connectivity index (χ2v) is 7.03. The monoisotopic (exact) mass is 381 g/mol. The van der Waals surface area contributed by atoms with Crippen LogP contribution in [0.1, 0.15) is 30.1 Å². The molecule has 7 heteroatoms. The molecule has 2 N–H and O–H groups in total. The number of carbonyl (C=O) groups excluding carboxylic acids is 2. The number of rotatable bonds is 5. The minimum absolute atomic E-state index is 0. The molecule has 0 spiro atoms. The van der Waals surface area contributed by atoms with Crippen LogP contribution < -0.4 is 10.6 Å². The molecule has 2 saturated heterocycles. The minimum Gasteiger partial charge on any atom is -0.381 e. The zero-order valence-corrected chi connectivity index (χ0v) is 16.2. The second-order valence-electron chi connectivity index (χ2n) is 7.03. The number of nitrogens with one attached hydrogen (secondary N) is 2. The Morgan fingerprint density at radius 2 is 1.81 bits per heavy atom. The molecule has 144 valence electrons. The summed E-state index contributed by atoms with van der Waals surface area (Å²) in [5, 5.41) is 6.13. The van der Waals surface area contributed by atoms with E-state index in [1.165, 1.54) is 0 Å². The van der Waals surface area contributed by atoms with Gasteiger partial charge in [-0.25, -0.2) is 0 Å². The average molecular weight is 382 g/mol. The zero-order valence-electron chi connectivity index (χ0n) is 15.4. The summed E-state index contributed by atoms with van der Waals surface area (Å²) in [6, 6.07) is 7.40. The van der Waals surface area contributed by atoms with E-state index in [0.717, 1.165) is 31.6 Å². The molecule has 0 radical (unpaired) electrons. The molecule has 1 unspecified atom stereocenters. The first-order valence-electron chi connectivity index (χ1n) is 9.03. The highest BCUT2D eigenvalue weighted by atomic mass is 35.5. The molecule has 1 aromatic carbocycles. The SMILES string of the molecule is CC(C(=O)Nc1ccc(C(=O)N(C)C2CCOCC2)cc1)C1CNC1.Cl. The summed E-state index contributed by atoms with van der Waals surface area (Å²) in [4.78, 5) is 26.7. The summed E-state index contributed by atoms with van der Waals surface area (Å²) in [6.45, 7) is 5.19. The molecule has 0 saturated carbocycles. The van der Waals surface area contributed by atoms with Crippen LogP contribution in [0.15, 0.2) is 24.3 Å². The summed E-state index contributed by atoms with van der Waals surface area (Å²) in [5.74, 6) is 0.444. The summed E-state index contributed by atoms with van der Waals surface area (Å²) < 4.78 is 5.35. The number of carbonyl (C=O) groups is 2. The number of ether oxygens (including phenoxy) is 1. The van der Waals surface area contributed by atoms with Gasteiger partial charge >= 0.3 is 0 Å². The van der Waals surface area contributed by atoms with E-state index < -0.39 is 0 Å². The normalized spacial score (nSPS) is 19.0. The van der Waals surface area contributed by atoms with Gasteiger partial charge in [-0.05, 0) is 56.1 Å². The largest absolute Gasteiger partial charge is 0.381 e. The standard InChI is InChI=1S/C19H27N3O3.ClH/c1-13(15-11-20-12-15)18(23)21-16-5-3-14(4-6-16)19(24)22(2)17-7-9-25-10-8-17;/h3-6,13,15,17,20H,7-12H2,1-2H3,(H,21,23);1H. The van der Waals surface area contributed by atoms with Gasteiger partial charge in [-0.1, -0.05) is 6.92 Å². The van der Waals surface area contributed by atoms with E-state index in [1.807, 2.05) is 18.9 Å². The lowest BCUT2D eigenvalue weighted by atomic mass is 9.88. The molecule has 3 rings (SSSR count). The Bertz CT molecular complexity index is 613. The van der Waals surface area contributed by atoms with Crippen molar-refractivity contribution >= 4 is 29.9 Å². The molecule has 2 fully saturated rings. The number of amides is 2. The van der Waals surface area contributed by atoms with Crippen LogP contribution in [0.25, 0.3) is 0 Å². The molecule has 2 heterocycles. The van der Waals surface area contributed by atoms with E-state index in [9.17, 15) is 9.59 Å². The lowest BCUT2D eigenvalue weighted by Gasteiger charge is -2.32. The van der Waals surface area contributed by atoms with Crippen LogP contribution in [0.3, 0.4) is 0 Å². The molecular weight excluding hydrogens is 354 g/mol. The van der Waals surface area contributed by atoms with Gasteiger partial charge in [0.05, 0.1) is 0 Å². The van der Waals surface area contributed by atoms with Crippen LogP contribution in [-0.4, -0.2) is 56.1 Å². The second kappa shape index (κ2) is 9.35. The van der Waals surface area contributed by atoms with Crippen LogP contribution in [-0.2, 0) is 9.53 Å². The van der Waals surface area contributed by atoms with Gasteiger partial charge in [0.15, 0.2) is 0 Å². The van der Waals surface area contributed by atoms with Gasteiger partial charge in [-0.3, -0.25) is 9.59 Å². The van der Waals surface area contributed by atoms with Gasteiger partial charge < -0.3 is 20.3 Å². The van der Waals surface area contributed by atoms with E-state index >= 15 is 0 Å². The Morgan fingerprint density at radius 1 is 1.19 bits per heavy atom.